The molecule has 1 N–H and O–H groups in total. The summed E-state index contributed by atoms with van der Waals surface area (Å²) in [6, 6.07) is 21.5. The minimum absolute atomic E-state index is 0.0877. The Morgan fingerprint density at radius 3 is 1.93 bits per heavy atom. The lowest BCUT2D eigenvalue weighted by Crippen LogP contribution is -2.41. The van der Waals surface area contributed by atoms with Crippen molar-refractivity contribution in [1.29, 1.82) is 0 Å². The molecule has 3 aromatic carbocycles. The number of unbranched alkanes of at least 4 members (excludes halogenated alkanes) is 2. The molecule has 0 radical (unpaired) electrons. The first-order chi connectivity index (χ1) is 19.8. The van der Waals surface area contributed by atoms with Crippen molar-refractivity contribution in [3.05, 3.63) is 98.5 Å². The number of imide groups is 1. The van der Waals surface area contributed by atoms with Crippen molar-refractivity contribution in [1.82, 2.24) is 4.90 Å². The highest BCUT2D eigenvalue weighted by atomic mass is 79.9. The van der Waals surface area contributed by atoms with E-state index in [0.29, 0.717) is 36.5 Å². The van der Waals surface area contributed by atoms with Gasteiger partial charge < -0.3 is 10.1 Å². The number of hydrogen-bond acceptors (Lipinski definition) is 5. The molecular formula is C32H28BrClN2O5. The Kier molecular flexibility index (Phi) is 7.70. The lowest BCUT2D eigenvalue weighted by molar-refractivity contribution is -0.147. The number of rotatable bonds is 9. The van der Waals surface area contributed by atoms with Gasteiger partial charge in [-0.15, -0.1) is 0 Å². The van der Waals surface area contributed by atoms with Gasteiger partial charge in [-0.05, 0) is 53.3 Å². The Morgan fingerprint density at radius 1 is 0.829 bits per heavy atom. The number of hydrogen-bond donors (Lipinski definition) is 1. The quantitative estimate of drug-likeness (QED) is 0.176. The first-order valence-corrected chi connectivity index (χ1v) is 15.0. The fraction of sp³-hybridized carbons (Fsp3) is 0.312. The molecule has 41 heavy (non-hydrogen) atoms. The van der Waals surface area contributed by atoms with Crippen molar-refractivity contribution >= 4 is 56.9 Å². The van der Waals surface area contributed by atoms with Crippen molar-refractivity contribution < 1.29 is 23.9 Å². The van der Waals surface area contributed by atoms with Crippen LogP contribution in [0.3, 0.4) is 0 Å². The summed E-state index contributed by atoms with van der Waals surface area (Å²) in [4.78, 5) is 53.0. The van der Waals surface area contributed by atoms with Gasteiger partial charge in [0.2, 0.25) is 11.8 Å². The number of esters is 1. The summed E-state index contributed by atoms with van der Waals surface area (Å²) in [6.07, 6.45) is 1.93. The minimum atomic E-state index is -0.478. The normalized spacial score (nSPS) is 21.8. The molecule has 210 valence electrons. The Labute approximate surface area is 251 Å². The Hall–Kier alpha value is -3.49. The number of benzene rings is 3. The summed E-state index contributed by atoms with van der Waals surface area (Å²) in [5, 5.41) is 2.98. The highest BCUT2D eigenvalue weighted by molar-refractivity contribution is 9.10. The van der Waals surface area contributed by atoms with Crippen LogP contribution in [0.25, 0.3) is 0 Å². The van der Waals surface area contributed by atoms with E-state index in [1.165, 1.54) is 4.90 Å². The summed E-state index contributed by atoms with van der Waals surface area (Å²) in [6.45, 7) is -0.0693. The predicted octanol–water partition coefficient (Wildman–Crippen LogP) is 6.04. The van der Waals surface area contributed by atoms with E-state index >= 15 is 0 Å². The molecule has 3 amide bonds. The molecule has 9 heteroatoms. The number of anilines is 1. The number of carbonyl (C=O) groups is 4. The van der Waals surface area contributed by atoms with Gasteiger partial charge >= 0.3 is 5.97 Å². The number of carbonyl (C=O) groups excluding carboxylic acids is 4. The van der Waals surface area contributed by atoms with E-state index in [2.05, 4.69) is 45.5 Å². The maximum Gasteiger partial charge on any atom is 0.306 e. The summed E-state index contributed by atoms with van der Waals surface area (Å²) >= 11 is 9.40. The molecule has 0 aromatic heterocycles. The van der Waals surface area contributed by atoms with Crippen molar-refractivity contribution in [3.8, 4) is 0 Å². The topological polar surface area (TPSA) is 92.8 Å². The maximum atomic E-state index is 13.6. The Morgan fingerprint density at radius 2 is 1.39 bits per heavy atom. The van der Waals surface area contributed by atoms with E-state index in [9.17, 15) is 19.2 Å². The minimum Gasteiger partial charge on any atom is -0.456 e. The second-order valence-electron chi connectivity index (χ2n) is 10.7. The fourth-order valence-electron chi connectivity index (χ4n) is 6.67. The highest BCUT2D eigenvalue weighted by Crippen LogP contribution is 2.60. The molecule has 1 heterocycles. The summed E-state index contributed by atoms with van der Waals surface area (Å²) in [5.41, 5.74) is 5.07. The Bertz CT molecular complexity index is 1440. The molecule has 0 unspecified atom stereocenters. The second-order valence-corrected chi connectivity index (χ2v) is 12.1. The monoisotopic (exact) mass is 634 g/mol. The molecule has 2 bridgehead atoms. The van der Waals surface area contributed by atoms with Crippen LogP contribution < -0.4 is 5.32 Å². The largest absolute Gasteiger partial charge is 0.456 e. The van der Waals surface area contributed by atoms with Crippen LogP contribution in [0.1, 0.15) is 59.8 Å². The van der Waals surface area contributed by atoms with E-state index in [0.717, 1.165) is 26.7 Å². The van der Waals surface area contributed by atoms with Crippen molar-refractivity contribution in [2.45, 2.75) is 37.5 Å². The van der Waals surface area contributed by atoms with Gasteiger partial charge in [-0.3, -0.25) is 24.1 Å². The van der Waals surface area contributed by atoms with Gasteiger partial charge in [-0.2, -0.15) is 0 Å². The van der Waals surface area contributed by atoms with Gasteiger partial charge in [0.05, 0.1) is 22.5 Å². The molecule has 1 aliphatic heterocycles. The summed E-state index contributed by atoms with van der Waals surface area (Å²) in [7, 11) is 0. The van der Waals surface area contributed by atoms with Crippen LogP contribution in [0.15, 0.2) is 71.2 Å². The average molecular weight is 636 g/mol. The fourth-order valence-corrected chi connectivity index (χ4v) is 7.39. The van der Waals surface area contributed by atoms with Crippen molar-refractivity contribution in [2.75, 3.05) is 18.5 Å². The van der Waals surface area contributed by atoms with E-state index in [4.69, 9.17) is 16.3 Å². The van der Waals surface area contributed by atoms with Crippen LogP contribution in [0, 0.1) is 11.8 Å². The van der Waals surface area contributed by atoms with E-state index in [1.807, 2.05) is 24.3 Å². The number of ether oxygens (including phenoxy) is 1. The molecule has 4 aliphatic rings. The highest BCUT2D eigenvalue weighted by Gasteiger charge is 2.61. The summed E-state index contributed by atoms with van der Waals surface area (Å²) in [5.74, 6) is -2.08. The van der Waals surface area contributed by atoms with Gasteiger partial charge in [-0.25, -0.2) is 0 Å². The zero-order valence-electron chi connectivity index (χ0n) is 22.1. The van der Waals surface area contributed by atoms with Crippen LogP contribution in [-0.2, 0) is 23.9 Å². The number of nitrogens with zero attached hydrogens (tertiary/aromatic N) is 1. The number of nitrogens with one attached hydrogen (secondary N) is 1. The SMILES string of the molecule is O=C(COC(=O)CCCCCN1C(=O)[C@@H]2C3c4ccccc4C(c4ccccc43)[C@H]2C1=O)Nc1ccc(Br)cc1Cl. The van der Waals surface area contributed by atoms with E-state index in [-0.39, 0.29) is 41.9 Å². The van der Waals surface area contributed by atoms with Gasteiger partial charge in [0.25, 0.3) is 5.91 Å². The lowest BCUT2D eigenvalue weighted by atomic mass is 9.55. The second kappa shape index (κ2) is 11.4. The standard InChI is InChI=1S/C32H28BrClN2O5/c33-18-13-14-24(23(34)16-18)35-25(37)17-41-26(38)12-2-1-7-15-36-31(39)29-27-19-8-3-4-9-20(19)28(30(29)32(36)40)22-11-6-5-10-21(22)27/h3-6,8-11,13-14,16,27-30H,1-2,7,12,15,17H2,(H,35,37)/t27?,28?,29-,30-/m1/s1. The number of amides is 3. The molecule has 1 fully saturated rings. The Balaban J connectivity index is 0.996. The van der Waals surface area contributed by atoms with Crippen molar-refractivity contribution in [3.63, 3.8) is 0 Å². The van der Waals surface area contributed by atoms with E-state index in [1.54, 1.807) is 18.2 Å². The molecule has 7 nitrogen and oxygen atoms in total. The molecule has 1 saturated heterocycles. The van der Waals surface area contributed by atoms with Crippen LogP contribution in [0.5, 0.6) is 0 Å². The lowest BCUT2D eigenvalue weighted by Gasteiger charge is -2.45. The zero-order chi connectivity index (χ0) is 28.7. The predicted molar refractivity (Wildman–Crippen MR) is 157 cm³/mol. The van der Waals surface area contributed by atoms with Crippen LogP contribution in [-0.4, -0.2) is 41.7 Å². The average Bonchev–Trinajstić information content (AvgIpc) is 3.23. The number of halogens is 2. The molecule has 2 atom stereocenters. The zero-order valence-corrected chi connectivity index (χ0v) is 24.5. The smallest absolute Gasteiger partial charge is 0.306 e. The maximum absolute atomic E-state index is 13.6. The first kappa shape index (κ1) is 27.7. The molecule has 0 spiro atoms. The molecule has 3 aliphatic carbocycles. The third kappa shape index (κ3) is 5.08. The number of likely N-dealkylation sites (tertiary alicyclic amines) is 1. The van der Waals surface area contributed by atoms with Gasteiger partial charge in [0, 0.05) is 29.3 Å². The van der Waals surface area contributed by atoms with E-state index < -0.39 is 18.5 Å². The molecule has 7 rings (SSSR count). The van der Waals surface area contributed by atoms with Gasteiger partial charge in [0.15, 0.2) is 6.61 Å². The third-order valence-corrected chi connectivity index (χ3v) is 9.18. The summed E-state index contributed by atoms with van der Waals surface area (Å²) < 4.78 is 5.87. The molecule has 3 aromatic rings. The van der Waals surface area contributed by atoms with Crippen LogP contribution in [0.2, 0.25) is 5.02 Å². The first-order valence-electron chi connectivity index (χ1n) is 13.8. The van der Waals surface area contributed by atoms with Crippen molar-refractivity contribution in [2.24, 2.45) is 11.8 Å². The molecule has 0 saturated carbocycles. The van der Waals surface area contributed by atoms with Crippen LogP contribution in [0.4, 0.5) is 5.69 Å². The van der Waals surface area contributed by atoms with Crippen LogP contribution >= 0.6 is 27.5 Å². The molecular weight excluding hydrogens is 608 g/mol. The van der Waals surface area contributed by atoms with Gasteiger partial charge in [-0.1, -0.05) is 82.5 Å². The third-order valence-electron chi connectivity index (χ3n) is 8.37. The van der Waals surface area contributed by atoms with Gasteiger partial charge in [0.1, 0.15) is 0 Å².